The van der Waals surface area contributed by atoms with Gasteiger partial charge < -0.3 is 15.3 Å². The van der Waals surface area contributed by atoms with E-state index in [1.165, 1.54) is 19.3 Å². The number of carbonyl (C=O) groups excluding carboxylic acids is 1. The normalized spacial score (nSPS) is 25.9. The number of amides is 1. The Hall–Kier alpha value is -0.610. The number of hydrogen-bond acceptors (Lipinski definition) is 3. The molecule has 0 atom stereocenters. The van der Waals surface area contributed by atoms with Crippen LogP contribution in [0.5, 0.6) is 0 Å². The summed E-state index contributed by atoms with van der Waals surface area (Å²) in [5.41, 5.74) is -0.445. The molecule has 1 aliphatic carbocycles. The highest BCUT2D eigenvalue weighted by molar-refractivity contribution is 5.73. The summed E-state index contributed by atoms with van der Waals surface area (Å²) in [6, 6.07) is 0.333. The van der Waals surface area contributed by atoms with Crippen LogP contribution < -0.4 is 5.32 Å². The van der Waals surface area contributed by atoms with Crippen molar-refractivity contribution in [2.75, 3.05) is 19.6 Å². The Labute approximate surface area is 110 Å². The second-order valence-corrected chi connectivity index (χ2v) is 6.04. The Kier molecular flexibility index (Phi) is 4.62. The molecule has 18 heavy (non-hydrogen) atoms. The van der Waals surface area contributed by atoms with Crippen molar-refractivity contribution in [1.82, 2.24) is 10.2 Å². The van der Waals surface area contributed by atoms with Crippen molar-refractivity contribution < 1.29 is 9.90 Å². The maximum atomic E-state index is 11.0. The number of likely N-dealkylation sites (tertiary alicyclic amines) is 1. The summed E-state index contributed by atoms with van der Waals surface area (Å²) < 4.78 is 0. The molecule has 0 aromatic carbocycles. The van der Waals surface area contributed by atoms with E-state index in [0.717, 1.165) is 45.3 Å². The number of carbonyl (C=O) groups is 1. The highest BCUT2D eigenvalue weighted by Gasteiger charge is 2.32. The molecule has 2 N–H and O–H groups in total. The van der Waals surface area contributed by atoms with Crippen molar-refractivity contribution in [2.24, 2.45) is 0 Å². The van der Waals surface area contributed by atoms with Gasteiger partial charge in [0.1, 0.15) is 0 Å². The monoisotopic (exact) mass is 254 g/mol. The van der Waals surface area contributed by atoms with Gasteiger partial charge in [0.2, 0.25) is 5.91 Å². The fourth-order valence-corrected chi connectivity index (χ4v) is 3.31. The molecular formula is C14H26N2O2. The molecule has 0 bridgehead atoms. The Morgan fingerprint density at radius 2 is 1.89 bits per heavy atom. The van der Waals surface area contributed by atoms with Crippen molar-refractivity contribution >= 4 is 5.91 Å². The predicted octanol–water partition coefficient (Wildman–Crippen LogP) is 1.28. The Balaban J connectivity index is 1.74. The maximum Gasteiger partial charge on any atom is 0.217 e. The van der Waals surface area contributed by atoms with E-state index >= 15 is 0 Å². The van der Waals surface area contributed by atoms with E-state index in [-0.39, 0.29) is 5.91 Å². The van der Waals surface area contributed by atoms with Gasteiger partial charge in [0.25, 0.3) is 0 Å². The Bertz CT molecular complexity index is 280. The zero-order valence-electron chi connectivity index (χ0n) is 11.5. The van der Waals surface area contributed by atoms with Gasteiger partial charge in [0.15, 0.2) is 0 Å². The van der Waals surface area contributed by atoms with Crippen LogP contribution in [0.25, 0.3) is 0 Å². The molecule has 1 saturated heterocycles. The molecule has 0 unspecified atom stereocenters. The van der Waals surface area contributed by atoms with E-state index in [2.05, 4.69) is 10.2 Å². The third-order valence-electron chi connectivity index (χ3n) is 4.30. The number of nitrogens with zero attached hydrogens (tertiary/aromatic N) is 1. The standard InChI is InChI=1S/C14H26N2O2/c1-12(17)15-13-5-9-16(10-6-13)11-14(18)7-3-2-4-8-14/h13,18H,2-11H2,1H3,(H,15,17). The van der Waals surface area contributed by atoms with E-state index in [9.17, 15) is 9.90 Å². The van der Waals surface area contributed by atoms with Gasteiger partial charge in [-0.05, 0) is 25.7 Å². The summed E-state index contributed by atoms with van der Waals surface area (Å²) in [7, 11) is 0. The number of piperidine rings is 1. The summed E-state index contributed by atoms with van der Waals surface area (Å²) in [6.45, 7) is 4.39. The molecule has 0 aromatic rings. The molecule has 0 spiro atoms. The number of rotatable bonds is 3. The molecule has 2 rings (SSSR count). The van der Waals surface area contributed by atoms with Gasteiger partial charge in [-0.25, -0.2) is 0 Å². The summed E-state index contributed by atoms with van der Waals surface area (Å²) in [5.74, 6) is 0.0689. The first kappa shape index (κ1) is 13.8. The second kappa shape index (κ2) is 6.02. The lowest BCUT2D eigenvalue weighted by Gasteiger charge is -2.40. The van der Waals surface area contributed by atoms with Gasteiger partial charge in [-0.2, -0.15) is 0 Å². The third-order valence-corrected chi connectivity index (χ3v) is 4.30. The molecule has 1 saturated carbocycles. The molecular weight excluding hydrogens is 228 g/mol. The molecule has 104 valence electrons. The van der Waals surface area contributed by atoms with Gasteiger partial charge >= 0.3 is 0 Å². The van der Waals surface area contributed by atoms with Crippen LogP contribution in [0, 0.1) is 0 Å². The van der Waals surface area contributed by atoms with Crippen molar-refractivity contribution in [3.05, 3.63) is 0 Å². The zero-order valence-corrected chi connectivity index (χ0v) is 11.5. The predicted molar refractivity (Wildman–Crippen MR) is 71.3 cm³/mol. The van der Waals surface area contributed by atoms with Crippen LogP contribution in [0.3, 0.4) is 0 Å². The van der Waals surface area contributed by atoms with Crippen LogP contribution >= 0.6 is 0 Å². The van der Waals surface area contributed by atoms with E-state index < -0.39 is 5.60 Å². The van der Waals surface area contributed by atoms with Crippen molar-refractivity contribution in [2.45, 2.75) is 63.5 Å². The van der Waals surface area contributed by atoms with Crippen molar-refractivity contribution in [3.8, 4) is 0 Å². The van der Waals surface area contributed by atoms with E-state index in [0.29, 0.717) is 6.04 Å². The average Bonchev–Trinajstić information content (AvgIpc) is 2.31. The maximum absolute atomic E-state index is 11.0. The van der Waals surface area contributed by atoms with Crippen molar-refractivity contribution in [3.63, 3.8) is 0 Å². The van der Waals surface area contributed by atoms with E-state index in [1.54, 1.807) is 6.92 Å². The fraction of sp³-hybridized carbons (Fsp3) is 0.929. The summed E-state index contributed by atoms with van der Waals surface area (Å²) in [4.78, 5) is 13.4. The van der Waals surface area contributed by atoms with Crippen LogP contribution in [-0.4, -0.2) is 47.2 Å². The van der Waals surface area contributed by atoms with Crippen LogP contribution in [0.1, 0.15) is 51.9 Å². The fourth-order valence-electron chi connectivity index (χ4n) is 3.31. The van der Waals surface area contributed by atoms with Crippen LogP contribution in [0.15, 0.2) is 0 Å². The minimum Gasteiger partial charge on any atom is -0.389 e. The van der Waals surface area contributed by atoms with E-state index in [1.807, 2.05) is 0 Å². The Morgan fingerprint density at radius 3 is 2.44 bits per heavy atom. The molecule has 0 aromatic heterocycles. The Morgan fingerprint density at radius 1 is 1.28 bits per heavy atom. The lowest BCUT2D eigenvalue weighted by molar-refractivity contribution is -0.120. The summed E-state index contributed by atoms with van der Waals surface area (Å²) >= 11 is 0. The largest absolute Gasteiger partial charge is 0.389 e. The molecule has 1 aliphatic heterocycles. The van der Waals surface area contributed by atoms with Crippen LogP contribution in [0.2, 0.25) is 0 Å². The van der Waals surface area contributed by atoms with Crippen LogP contribution in [-0.2, 0) is 4.79 Å². The summed E-state index contributed by atoms with van der Waals surface area (Å²) in [5, 5.41) is 13.5. The quantitative estimate of drug-likeness (QED) is 0.798. The second-order valence-electron chi connectivity index (χ2n) is 6.04. The van der Waals surface area contributed by atoms with Gasteiger partial charge in [0, 0.05) is 32.6 Å². The highest BCUT2D eigenvalue weighted by Crippen LogP contribution is 2.29. The zero-order chi connectivity index (χ0) is 13.0. The molecule has 1 amide bonds. The van der Waals surface area contributed by atoms with E-state index in [4.69, 9.17) is 0 Å². The topological polar surface area (TPSA) is 52.6 Å². The molecule has 2 aliphatic rings. The minimum atomic E-state index is -0.445. The minimum absolute atomic E-state index is 0.0689. The highest BCUT2D eigenvalue weighted by atomic mass is 16.3. The van der Waals surface area contributed by atoms with Gasteiger partial charge in [-0.1, -0.05) is 19.3 Å². The molecule has 1 heterocycles. The SMILES string of the molecule is CC(=O)NC1CCN(CC2(O)CCCCC2)CC1. The van der Waals surface area contributed by atoms with Gasteiger partial charge in [0.05, 0.1) is 5.60 Å². The third kappa shape index (κ3) is 3.95. The first-order chi connectivity index (χ1) is 8.57. The average molecular weight is 254 g/mol. The molecule has 4 heteroatoms. The molecule has 2 fully saturated rings. The lowest BCUT2D eigenvalue weighted by atomic mass is 9.84. The lowest BCUT2D eigenvalue weighted by Crippen LogP contribution is -2.50. The molecule has 4 nitrogen and oxygen atoms in total. The van der Waals surface area contributed by atoms with Gasteiger partial charge in [-0.3, -0.25) is 4.79 Å². The smallest absolute Gasteiger partial charge is 0.217 e. The molecule has 0 radical (unpaired) electrons. The first-order valence-corrected chi connectivity index (χ1v) is 7.29. The number of β-amino-alcohol motifs (C(OH)–C–C–N with tert-alkyl or cyclic N) is 1. The first-order valence-electron chi connectivity index (χ1n) is 7.29. The summed E-state index contributed by atoms with van der Waals surface area (Å²) in [6.07, 6.45) is 7.53. The van der Waals surface area contributed by atoms with Crippen molar-refractivity contribution in [1.29, 1.82) is 0 Å². The number of hydrogen-bond donors (Lipinski definition) is 2. The number of aliphatic hydroxyl groups is 1. The van der Waals surface area contributed by atoms with Gasteiger partial charge in [-0.15, -0.1) is 0 Å². The number of nitrogens with one attached hydrogen (secondary N) is 1. The van der Waals surface area contributed by atoms with Crippen LogP contribution in [0.4, 0.5) is 0 Å².